The SMILES string of the molecule is C=CCCNS(=O)(=O)c1ccc(C(=O)O)cc1N. The average Bonchev–Trinajstić information content (AvgIpc) is 2.28. The number of rotatable bonds is 6. The highest BCUT2D eigenvalue weighted by Gasteiger charge is 2.17. The van der Waals surface area contributed by atoms with Gasteiger partial charge >= 0.3 is 5.97 Å². The topological polar surface area (TPSA) is 109 Å². The van der Waals surface area contributed by atoms with Gasteiger partial charge in [0.1, 0.15) is 4.90 Å². The molecule has 0 aliphatic carbocycles. The van der Waals surface area contributed by atoms with Crippen molar-refractivity contribution in [2.75, 3.05) is 12.3 Å². The zero-order valence-corrected chi connectivity index (χ0v) is 10.4. The average molecular weight is 270 g/mol. The lowest BCUT2D eigenvalue weighted by atomic mass is 10.2. The van der Waals surface area contributed by atoms with Gasteiger partial charge in [0, 0.05) is 6.54 Å². The van der Waals surface area contributed by atoms with Crippen LogP contribution in [0.1, 0.15) is 16.8 Å². The van der Waals surface area contributed by atoms with Gasteiger partial charge in [-0.15, -0.1) is 6.58 Å². The van der Waals surface area contributed by atoms with Crippen molar-refractivity contribution in [1.82, 2.24) is 4.72 Å². The molecule has 1 aromatic rings. The number of carbonyl (C=O) groups is 1. The maximum atomic E-state index is 11.8. The minimum absolute atomic E-state index is 0.0578. The summed E-state index contributed by atoms with van der Waals surface area (Å²) in [6, 6.07) is 3.49. The Bertz CT molecular complexity index is 566. The van der Waals surface area contributed by atoms with E-state index >= 15 is 0 Å². The van der Waals surface area contributed by atoms with E-state index in [-0.39, 0.29) is 22.7 Å². The minimum Gasteiger partial charge on any atom is -0.478 e. The first-order valence-electron chi connectivity index (χ1n) is 5.12. The molecule has 0 heterocycles. The molecule has 18 heavy (non-hydrogen) atoms. The first-order valence-corrected chi connectivity index (χ1v) is 6.60. The van der Waals surface area contributed by atoms with Gasteiger partial charge in [0.25, 0.3) is 0 Å². The number of anilines is 1. The lowest BCUT2D eigenvalue weighted by molar-refractivity contribution is 0.0697. The van der Waals surface area contributed by atoms with Crippen LogP contribution in [0.25, 0.3) is 0 Å². The second-order valence-corrected chi connectivity index (χ2v) is 5.27. The predicted molar refractivity (Wildman–Crippen MR) is 67.8 cm³/mol. The van der Waals surface area contributed by atoms with Gasteiger partial charge in [-0.1, -0.05) is 6.08 Å². The molecule has 4 N–H and O–H groups in total. The number of carboxylic acids is 1. The van der Waals surface area contributed by atoms with Crippen molar-refractivity contribution >= 4 is 21.7 Å². The third-order valence-electron chi connectivity index (χ3n) is 2.19. The second kappa shape index (κ2) is 5.65. The summed E-state index contributed by atoms with van der Waals surface area (Å²) >= 11 is 0. The Morgan fingerprint density at radius 1 is 1.50 bits per heavy atom. The van der Waals surface area contributed by atoms with Crippen LogP contribution in [-0.2, 0) is 10.0 Å². The molecular weight excluding hydrogens is 256 g/mol. The van der Waals surface area contributed by atoms with E-state index in [0.717, 1.165) is 6.07 Å². The first kappa shape index (κ1) is 14.2. The van der Waals surface area contributed by atoms with Crippen molar-refractivity contribution in [2.45, 2.75) is 11.3 Å². The van der Waals surface area contributed by atoms with Gasteiger partial charge in [-0.3, -0.25) is 0 Å². The highest BCUT2D eigenvalue weighted by atomic mass is 32.2. The van der Waals surface area contributed by atoms with Gasteiger partial charge in [0.05, 0.1) is 11.3 Å². The van der Waals surface area contributed by atoms with Crippen LogP contribution >= 0.6 is 0 Å². The first-order chi connectivity index (χ1) is 8.38. The van der Waals surface area contributed by atoms with Crippen molar-refractivity contribution in [3.05, 3.63) is 36.4 Å². The Kier molecular flexibility index (Phi) is 4.46. The standard InChI is InChI=1S/C11H14N2O4S/c1-2-3-6-13-18(16,17)10-5-4-8(11(14)15)7-9(10)12/h2,4-5,7,13H,1,3,6,12H2,(H,14,15). The minimum atomic E-state index is -3.72. The molecule has 0 aliphatic rings. The number of aromatic carboxylic acids is 1. The van der Waals surface area contributed by atoms with E-state index < -0.39 is 16.0 Å². The molecule has 0 spiro atoms. The summed E-state index contributed by atoms with van der Waals surface area (Å²) in [5, 5.41) is 8.74. The molecule has 0 unspecified atom stereocenters. The van der Waals surface area contributed by atoms with Crippen LogP contribution in [0.4, 0.5) is 5.69 Å². The summed E-state index contributed by atoms with van der Waals surface area (Å²) < 4.78 is 26.0. The molecule has 6 nitrogen and oxygen atoms in total. The van der Waals surface area contributed by atoms with Crippen molar-refractivity contribution in [3.8, 4) is 0 Å². The lowest BCUT2D eigenvalue weighted by Gasteiger charge is -2.08. The Balaban J connectivity index is 3.02. The molecular formula is C11H14N2O4S. The van der Waals surface area contributed by atoms with E-state index in [4.69, 9.17) is 10.8 Å². The summed E-state index contributed by atoms with van der Waals surface area (Å²) in [5.74, 6) is -1.16. The largest absolute Gasteiger partial charge is 0.478 e. The molecule has 0 saturated heterocycles. The fourth-order valence-corrected chi connectivity index (χ4v) is 2.46. The van der Waals surface area contributed by atoms with Crippen molar-refractivity contribution < 1.29 is 18.3 Å². The Morgan fingerprint density at radius 3 is 2.67 bits per heavy atom. The van der Waals surface area contributed by atoms with E-state index in [9.17, 15) is 13.2 Å². The Labute approximate surface area is 105 Å². The third kappa shape index (κ3) is 3.31. The molecule has 0 amide bonds. The number of nitrogens with two attached hydrogens (primary N) is 1. The van der Waals surface area contributed by atoms with Crippen LogP contribution in [0, 0.1) is 0 Å². The normalized spacial score (nSPS) is 11.1. The fraction of sp³-hybridized carbons (Fsp3) is 0.182. The number of carboxylic acid groups (broad SMARTS) is 1. The fourth-order valence-electron chi connectivity index (χ4n) is 1.30. The van der Waals surface area contributed by atoms with E-state index in [1.807, 2.05) is 0 Å². The monoisotopic (exact) mass is 270 g/mol. The summed E-state index contributed by atoms with van der Waals surface area (Å²) in [5.41, 5.74) is 5.39. The van der Waals surface area contributed by atoms with Crippen molar-refractivity contribution in [3.63, 3.8) is 0 Å². The van der Waals surface area contributed by atoms with Gasteiger partial charge < -0.3 is 10.8 Å². The summed E-state index contributed by atoms with van der Waals surface area (Å²) in [4.78, 5) is 10.6. The van der Waals surface area contributed by atoms with Gasteiger partial charge in [-0.2, -0.15) is 0 Å². The van der Waals surface area contributed by atoms with Crippen LogP contribution in [-0.4, -0.2) is 26.0 Å². The Morgan fingerprint density at radius 2 is 2.17 bits per heavy atom. The van der Waals surface area contributed by atoms with Crippen molar-refractivity contribution in [2.24, 2.45) is 0 Å². The molecule has 0 fully saturated rings. The molecule has 0 atom stereocenters. The van der Waals surface area contributed by atoms with Gasteiger partial charge in [-0.05, 0) is 24.6 Å². The molecule has 0 saturated carbocycles. The maximum Gasteiger partial charge on any atom is 0.335 e. The second-order valence-electron chi connectivity index (χ2n) is 3.53. The van der Waals surface area contributed by atoms with Crippen LogP contribution in [0.15, 0.2) is 35.7 Å². The molecule has 0 bridgehead atoms. The van der Waals surface area contributed by atoms with Crippen LogP contribution in [0.2, 0.25) is 0 Å². The Hall–Kier alpha value is -1.86. The number of sulfonamides is 1. The molecule has 1 rings (SSSR count). The van der Waals surface area contributed by atoms with E-state index in [1.165, 1.54) is 12.1 Å². The van der Waals surface area contributed by atoms with E-state index in [0.29, 0.717) is 6.42 Å². The van der Waals surface area contributed by atoms with E-state index in [1.54, 1.807) is 6.08 Å². The number of nitrogen functional groups attached to an aromatic ring is 1. The van der Waals surface area contributed by atoms with E-state index in [2.05, 4.69) is 11.3 Å². The van der Waals surface area contributed by atoms with Gasteiger partial charge in [0.2, 0.25) is 10.0 Å². The maximum absolute atomic E-state index is 11.8. The van der Waals surface area contributed by atoms with Crippen LogP contribution in [0.3, 0.4) is 0 Å². The summed E-state index contributed by atoms with van der Waals surface area (Å²) in [6.07, 6.45) is 2.08. The number of hydrogen-bond acceptors (Lipinski definition) is 4. The predicted octanol–water partition coefficient (Wildman–Crippen LogP) is 0.821. The van der Waals surface area contributed by atoms with Gasteiger partial charge in [0.15, 0.2) is 0 Å². The highest BCUT2D eigenvalue weighted by Crippen LogP contribution is 2.19. The van der Waals surface area contributed by atoms with Crippen LogP contribution in [0.5, 0.6) is 0 Å². The zero-order valence-electron chi connectivity index (χ0n) is 9.59. The molecule has 0 radical (unpaired) electrons. The lowest BCUT2D eigenvalue weighted by Crippen LogP contribution is -2.25. The molecule has 98 valence electrons. The number of benzene rings is 1. The van der Waals surface area contributed by atoms with Crippen LogP contribution < -0.4 is 10.5 Å². The number of hydrogen-bond donors (Lipinski definition) is 3. The van der Waals surface area contributed by atoms with Crippen molar-refractivity contribution in [1.29, 1.82) is 0 Å². The summed E-state index contributed by atoms with van der Waals surface area (Å²) in [6.45, 7) is 3.69. The smallest absolute Gasteiger partial charge is 0.335 e. The summed E-state index contributed by atoms with van der Waals surface area (Å²) in [7, 11) is -3.72. The number of nitrogens with one attached hydrogen (secondary N) is 1. The quantitative estimate of drug-likeness (QED) is 0.403. The third-order valence-corrected chi connectivity index (χ3v) is 3.72. The molecule has 7 heteroatoms. The van der Waals surface area contributed by atoms with Gasteiger partial charge in [-0.25, -0.2) is 17.9 Å². The highest BCUT2D eigenvalue weighted by molar-refractivity contribution is 7.89. The zero-order chi connectivity index (χ0) is 13.8. The molecule has 0 aliphatic heterocycles. The molecule has 0 aromatic heterocycles. The molecule has 1 aromatic carbocycles.